The average molecular weight is 326 g/mol. The second-order valence-corrected chi connectivity index (χ2v) is 5.03. The standard InChI is InChI=1S/C14H16ClF4NO/c1-2-9(5-6-15)8-20-13(21)11-7-10(14(17,18)19)3-4-12(11)16/h3-4,7,9H,2,5-6,8H2,1H3,(H,20,21). The highest BCUT2D eigenvalue weighted by atomic mass is 35.5. The molecule has 0 saturated carbocycles. The van der Waals surface area contributed by atoms with Gasteiger partial charge in [-0.2, -0.15) is 13.2 Å². The van der Waals surface area contributed by atoms with Crippen LogP contribution < -0.4 is 5.32 Å². The van der Waals surface area contributed by atoms with E-state index in [1.165, 1.54) is 0 Å². The van der Waals surface area contributed by atoms with Crippen molar-refractivity contribution in [2.45, 2.75) is 25.9 Å². The highest BCUT2D eigenvalue weighted by molar-refractivity contribution is 6.17. The number of alkyl halides is 4. The minimum absolute atomic E-state index is 0.111. The van der Waals surface area contributed by atoms with Crippen LogP contribution in [0.1, 0.15) is 35.7 Å². The number of hydrogen-bond donors (Lipinski definition) is 1. The zero-order valence-electron chi connectivity index (χ0n) is 11.4. The fourth-order valence-electron chi connectivity index (χ4n) is 1.81. The van der Waals surface area contributed by atoms with Gasteiger partial charge in [0.2, 0.25) is 0 Å². The van der Waals surface area contributed by atoms with Crippen LogP contribution in [0.5, 0.6) is 0 Å². The molecule has 2 nitrogen and oxygen atoms in total. The fraction of sp³-hybridized carbons (Fsp3) is 0.500. The van der Waals surface area contributed by atoms with Crippen molar-refractivity contribution in [3.63, 3.8) is 0 Å². The molecule has 0 aliphatic carbocycles. The number of carbonyl (C=O) groups excluding carboxylic acids is 1. The summed E-state index contributed by atoms with van der Waals surface area (Å²) < 4.78 is 51.2. The van der Waals surface area contributed by atoms with Gasteiger partial charge >= 0.3 is 6.18 Å². The molecule has 118 valence electrons. The van der Waals surface area contributed by atoms with Crippen LogP contribution in [0.15, 0.2) is 18.2 Å². The van der Waals surface area contributed by atoms with E-state index in [1.54, 1.807) is 0 Å². The lowest BCUT2D eigenvalue weighted by molar-refractivity contribution is -0.137. The number of nitrogens with one attached hydrogen (secondary N) is 1. The van der Waals surface area contributed by atoms with Crippen LogP contribution in [-0.4, -0.2) is 18.3 Å². The Kier molecular flexibility index (Phi) is 6.45. The monoisotopic (exact) mass is 325 g/mol. The van der Waals surface area contributed by atoms with E-state index in [1.807, 2.05) is 6.92 Å². The van der Waals surface area contributed by atoms with Crippen molar-refractivity contribution in [2.24, 2.45) is 5.92 Å². The Balaban J connectivity index is 2.82. The van der Waals surface area contributed by atoms with Gasteiger partial charge < -0.3 is 5.32 Å². The third-order valence-corrected chi connectivity index (χ3v) is 3.40. The van der Waals surface area contributed by atoms with Gasteiger partial charge in [0.25, 0.3) is 5.91 Å². The Bertz CT molecular complexity index is 490. The molecule has 0 aliphatic heterocycles. The van der Waals surface area contributed by atoms with Gasteiger partial charge in [0.05, 0.1) is 11.1 Å². The van der Waals surface area contributed by atoms with Crippen molar-refractivity contribution in [3.05, 3.63) is 35.1 Å². The van der Waals surface area contributed by atoms with E-state index in [0.717, 1.165) is 6.42 Å². The second-order valence-electron chi connectivity index (χ2n) is 4.65. The molecule has 0 spiro atoms. The molecule has 21 heavy (non-hydrogen) atoms. The molecule has 1 aromatic rings. The van der Waals surface area contributed by atoms with Crippen LogP contribution in [0.3, 0.4) is 0 Å². The molecule has 7 heteroatoms. The third kappa shape index (κ3) is 5.19. The van der Waals surface area contributed by atoms with E-state index in [9.17, 15) is 22.4 Å². The fourth-order valence-corrected chi connectivity index (χ4v) is 2.12. The summed E-state index contributed by atoms with van der Waals surface area (Å²) in [5, 5.41) is 2.45. The van der Waals surface area contributed by atoms with Gasteiger partial charge in [0.1, 0.15) is 5.82 Å². The minimum atomic E-state index is -4.62. The molecule has 0 fully saturated rings. The van der Waals surface area contributed by atoms with Gasteiger partial charge in [-0.3, -0.25) is 4.79 Å². The molecule has 0 saturated heterocycles. The van der Waals surface area contributed by atoms with Crippen LogP contribution in [0.2, 0.25) is 0 Å². The Morgan fingerprint density at radius 2 is 2.05 bits per heavy atom. The van der Waals surface area contributed by atoms with Gasteiger partial charge in [0, 0.05) is 12.4 Å². The van der Waals surface area contributed by atoms with Gasteiger partial charge in [-0.05, 0) is 30.5 Å². The van der Waals surface area contributed by atoms with Gasteiger partial charge in [-0.25, -0.2) is 4.39 Å². The molecular weight excluding hydrogens is 310 g/mol. The number of hydrogen-bond acceptors (Lipinski definition) is 1. The van der Waals surface area contributed by atoms with Crippen molar-refractivity contribution in [1.29, 1.82) is 0 Å². The Morgan fingerprint density at radius 1 is 1.38 bits per heavy atom. The van der Waals surface area contributed by atoms with Gasteiger partial charge in [-0.15, -0.1) is 11.6 Å². The van der Waals surface area contributed by atoms with Crippen LogP contribution in [-0.2, 0) is 6.18 Å². The molecule has 1 aromatic carbocycles. The SMILES string of the molecule is CCC(CCCl)CNC(=O)c1cc(C(F)(F)F)ccc1F. The van der Waals surface area contributed by atoms with E-state index < -0.39 is 29.0 Å². The predicted octanol–water partition coefficient (Wildman–Crippen LogP) is 4.23. The molecule has 1 unspecified atom stereocenters. The van der Waals surface area contributed by atoms with Crippen LogP contribution >= 0.6 is 11.6 Å². The lowest BCUT2D eigenvalue weighted by Gasteiger charge is -2.15. The molecule has 1 rings (SSSR count). The number of carbonyl (C=O) groups is 1. The number of halogens is 5. The maximum absolute atomic E-state index is 13.5. The van der Waals surface area contributed by atoms with Crippen LogP contribution in [0.4, 0.5) is 17.6 Å². The van der Waals surface area contributed by atoms with Crippen LogP contribution in [0, 0.1) is 11.7 Å². The molecule has 0 aromatic heterocycles. The topological polar surface area (TPSA) is 29.1 Å². The van der Waals surface area contributed by atoms with Gasteiger partial charge in [0.15, 0.2) is 0 Å². The molecule has 0 heterocycles. The summed E-state index contributed by atoms with van der Waals surface area (Å²) in [4.78, 5) is 11.8. The highest BCUT2D eigenvalue weighted by Gasteiger charge is 2.31. The Labute approximate surface area is 125 Å². The number of benzene rings is 1. The predicted molar refractivity (Wildman–Crippen MR) is 72.9 cm³/mol. The van der Waals surface area contributed by atoms with Crippen molar-refractivity contribution in [1.82, 2.24) is 5.32 Å². The molecule has 0 radical (unpaired) electrons. The summed E-state index contributed by atoms with van der Waals surface area (Å²) in [6.07, 6.45) is -3.19. The quantitative estimate of drug-likeness (QED) is 0.615. The van der Waals surface area contributed by atoms with Crippen LogP contribution in [0.25, 0.3) is 0 Å². The first-order chi connectivity index (χ1) is 9.79. The van der Waals surface area contributed by atoms with Crippen molar-refractivity contribution >= 4 is 17.5 Å². The molecule has 1 amide bonds. The lowest BCUT2D eigenvalue weighted by Crippen LogP contribution is -2.30. The average Bonchev–Trinajstić information content (AvgIpc) is 2.42. The molecular formula is C14H16ClF4NO. The summed E-state index contributed by atoms with van der Waals surface area (Å²) in [5.41, 5.74) is -1.66. The molecule has 1 atom stereocenters. The summed E-state index contributed by atoms with van der Waals surface area (Å²) in [7, 11) is 0. The molecule has 1 N–H and O–H groups in total. The largest absolute Gasteiger partial charge is 0.416 e. The zero-order valence-corrected chi connectivity index (χ0v) is 12.2. The normalized spacial score (nSPS) is 13.0. The number of amides is 1. The third-order valence-electron chi connectivity index (χ3n) is 3.18. The first-order valence-electron chi connectivity index (χ1n) is 6.50. The lowest BCUT2D eigenvalue weighted by atomic mass is 10.0. The maximum atomic E-state index is 13.5. The van der Waals surface area contributed by atoms with E-state index in [4.69, 9.17) is 11.6 Å². The first-order valence-corrected chi connectivity index (χ1v) is 7.04. The minimum Gasteiger partial charge on any atom is -0.352 e. The highest BCUT2D eigenvalue weighted by Crippen LogP contribution is 2.30. The Hall–Kier alpha value is -1.30. The molecule has 0 bridgehead atoms. The van der Waals surface area contributed by atoms with E-state index >= 15 is 0 Å². The van der Waals surface area contributed by atoms with E-state index in [0.29, 0.717) is 30.5 Å². The van der Waals surface area contributed by atoms with Crippen molar-refractivity contribution in [3.8, 4) is 0 Å². The summed E-state index contributed by atoms with van der Waals surface area (Å²) in [5.74, 6) is -1.30. The molecule has 0 aliphatic rings. The van der Waals surface area contributed by atoms with Crippen molar-refractivity contribution < 1.29 is 22.4 Å². The number of rotatable bonds is 6. The summed E-state index contributed by atoms with van der Waals surface area (Å²) >= 11 is 5.61. The second kappa shape index (κ2) is 7.64. The van der Waals surface area contributed by atoms with E-state index in [2.05, 4.69) is 5.32 Å². The zero-order chi connectivity index (χ0) is 16.0. The Morgan fingerprint density at radius 3 is 2.57 bits per heavy atom. The summed E-state index contributed by atoms with van der Waals surface area (Å²) in [6, 6.07) is 1.77. The van der Waals surface area contributed by atoms with E-state index in [-0.39, 0.29) is 12.5 Å². The van der Waals surface area contributed by atoms with Crippen molar-refractivity contribution in [2.75, 3.05) is 12.4 Å². The first kappa shape index (κ1) is 17.8. The maximum Gasteiger partial charge on any atom is 0.416 e. The van der Waals surface area contributed by atoms with Gasteiger partial charge in [-0.1, -0.05) is 13.3 Å². The summed E-state index contributed by atoms with van der Waals surface area (Å²) in [6.45, 7) is 2.16. The smallest absolute Gasteiger partial charge is 0.352 e.